The molecule has 2 heterocycles. The molecule has 0 radical (unpaired) electrons. The minimum absolute atomic E-state index is 0.127. The van der Waals surface area contributed by atoms with Crippen LogP contribution in [0.2, 0.25) is 0 Å². The van der Waals surface area contributed by atoms with Gasteiger partial charge in [-0.3, -0.25) is 9.89 Å². The molecule has 0 aliphatic heterocycles. The second-order valence-electron chi connectivity index (χ2n) is 6.39. The Morgan fingerprint density at radius 3 is 2.68 bits per heavy atom. The van der Waals surface area contributed by atoms with Crippen LogP contribution >= 0.6 is 0 Å². The van der Waals surface area contributed by atoms with E-state index in [1.807, 2.05) is 6.92 Å². The summed E-state index contributed by atoms with van der Waals surface area (Å²) in [5.74, 6) is -2.93. The lowest BCUT2D eigenvalue weighted by atomic mass is 9.83. The van der Waals surface area contributed by atoms with Crippen LogP contribution in [0, 0.1) is 6.92 Å². The van der Waals surface area contributed by atoms with Crippen molar-refractivity contribution in [3.8, 4) is 0 Å². The van der Waals surface area contributed by atoms with E-state index in [0.717, 1.165) is 0 Å². The Balaban J connectivity index is 1.90. The molecule has 0 bridgehead atoms. The predicted molar refractivity (Wildman–Crippen MR) is 88.9 cm³/mol. The molecule has 1 amide bonds. The standard InChI is InChI=1S/C17H21F2N5O/c1-3-24(13-6-9-20-21-10-13)16(25)14-11(2)22-23-15(14)12-4-7-17(18,19)8-5-12/h6,9-10,12H,3-5,7-8H2,1-2H3,(H,22,23). The third kappa shape index (κ3) is 3.52. The monoisotopic (exact) mass is 349 g/mol. The number of hydrogen-bond donors (Lipinski definition) is 1. The summed E-state index contributed by atoms with van der Waals surface area (Å²) in [5.41, 5.74) is 2.37. The van der Waals surface area contributed by atoms with Crippen LogP contribution in [0.1, 0.15) is 60.3 Å². The fourth-order valence-electron chi connectivity index (χ4n) is 3.35. The molecule has 2 aromatic heterocycles. The molecule has 2 aromatic rings. The fraction of sp³-hybridized carbons (Fsp3) is 0.529. The molecule has 134 valence electrons. The van der Waals surface area contributed by atoms with Crippen LogP contribution in [-0.4, -0.2) is 38.8 Å². The number of rotatable bonds is 4. The second-order valence-corrected chi connectivity index (χ2v) is 6.39. The number of H-pyrrole nitrogens is 1. The molecule has 0 atom stereocenters. The van der Waals surface area contributed by atoms with E-state index < -0.39 is 5.92 Å². The number of aromatic nitrogens is 4. The number of aryl methyl sites for hydroxylation is 1. The number of nitrogens with zero attached hydrogens (tertiary/aromatic N) is 4. The first-order valence-corrected chi connectivity index (χ1v) is 8.44. The summed E-state index contributed by atoms with van der Waals surface area (Å²) < 4.78 is 26.9. The molecule has 1 fully saturated rings. The molecule has 6 nitrogen and oxygen atoms in total. The number of carbonyl (C=O) groups is 1. The minimum Gasteiger partial charge on any atom is -0.307 e. The van der Waals surface area contributed by atoms with Gasteiger partial charge in [-0.05, 0) is 32.8 Å². The largest absolute Gasteiger partial charge is 0.307 e. The summed E-state index contributed by atoms with van der Waals surface area (Å²) in [5, 5.41) is 14.7. The molecule has 0 unspecified atom stereocenters. The quantitative estimate of drug-likeness (QED) is 0.917. The molecule has 3 rings (SSSR count). The van der Waals surface area contributed by atoms with Crippen molar-refractivity contribution in [2.24, 2.45) is 0 Å². The van der Waals surface area contributed by atoms with Gasteiger partial charge in [0.2, 0.25) is 5.92 Å². The van der Waals surface area contributed by atoms with Gasteiger partial charge in [0.05, 0.1) is 29.3 Å². The molecule has 0 saturated heterocycles. The molecular formula is C17H21F2N5O. The molecule has 8 heteroatoms. The van der Waals surface area contributed by atoms with E-state index in [4.69, 9.17) is 0 Å². The van der Waals surface area contributed by atoms with E-state index in [0.29, 0.717) is 42.0 Å². The molecule has 0 spiro atoms. The zero-order valence-corrected chi connectivity index (χ0v) is 14.3. The maximum Gasteiger partial charge on any atom is 0.262 e. The van der Waals surface area contributed by atoms with Crippen molar-refractivity contribution in [2.45, 2.75) is 51.4 Å². The van der Waals surface area contributed by atoms with Crippen molar-refractivity contribution in [3.05, 3.63) is 35.4 Å². The molecule has 1 N–H and O–H groups in total. The summed E-state index contributed by atoms with van der Waals surface area (Å²) in [6.07, 6.45) is 3.39. The molecular weight excluding hydrogens is 328 g/mol. The number of alkyl halides is 2. The molecule has 1 aliphatic rings. The smallest absolute Gasteiger partial charge is 0.262 e. The third-order valence-corrected chi connectivity index (χ3v) is 4.73. The Labute approximate surface area is 144 Å². The third-order valence-electron chi connectivity index (χ3n) is 4.73. The van der Waals surface area contributed by atoms with E-state index in [-0.39, 0.29) is 24.7 Å². The molecule has 1 aliphatic carbocycles. The highest BCUT2D eigenvalue weighted by molar-refractivity contribution is 6.07. The first kappa shape index (κ1) is 17.4. The first-order valence-electron chi connectivity index (χ1n) is 8.44. The van der Waals surface area contributed by atoms with Crippen LogP contribution in [0.5, 0.6) is 0 Å². The lowest BCUT2D eigenvalue weighted by Gasteiger charge is -2.28. The fourth-order valence-corrected chi connectivity index (χ4v) is 3.35. The lowest BCUT2D eigenvalue weighted by molar-refractivity contribution is -0.0385. The van der Waals surface area contributed by atoms with Gasteiger partial charge in [0, 0.05) is 31.0 Å². The average molecular weight is 349 g/mol. The molecule has 25 heavy (non-hydrogen) atoms. The van der Waals surface area contributed by atoms with E-state index >= 15 is 0 Å². The normalized spacial score (nSPS) is 17.4. The van der Waals surface area contributed by atoms with Crippen LogP contribution in [0.15, 0.2) is 18.5 Å². The number of carbonyl (C=O) groups excluding carboxylic acids is 1. The molecule has 1 saturated carbocycles. The van der Waals surface area contributed by atoms with Crippen molar-refractivity contribution >= 4 is 11.6 Å². The Morgan fingerprint density at radius 2 is 2.08 bits per heavy atom. The van der Waals surface area contributed by atoms with E-state index in [1.54, 1.807) is 17.9 Å². The highest BCUT2D eigenvalue weighted by Crippen LogP contribution is 2.41. The highest BCUT2D eigenvalue weighted by atomic mass is 19.3. The summed E-state index contributed by atoms with van der Waals surface area (Å²) >= 11 is 0. The Kier molecular flexibility index (Phi) is 4.78. The van der Waals surface area contributed by atoms with Crippen LogP contribution in [-0.2, 0) is 0 Å². The summed E-state index contributed by atoms with van der Waals surface area (Å²) in [7, 11) is 0. The van der Waals surface area contributed by atoms with Crippen molar-refractivity contribution in [1.82, 2.24) is 20.4 Å². The number of anilines is 1. The second kappa shape index (κ2) is 6.85. The van der Waals surface area contributed by atoms with Gasteiger partial charge < -0.3 is 4.90 Å². The van der Waals surface area contributed by atoms with Gasteiger partial charge in [0.1, 0.15) is 0 Å². The number of hydrogen-bond acceptors (Lipinski definition) is 4. The topological polar surface area (TPSA) is 74.8 Å². The van der Waals surface area contributed by atoms with Gasteiger partial charge in [0.15, 0.2) is 0 Å². The highest BCUT2D eigenvalue weighted by Gasteiger charge is 2.38. The zero-order valence-electron chi connectivity index (χ0n) is 14.3. The van der Waals surface area contributed by atoms with Gasteiger partial charge in [-0.1, -0.05) is 0 Å². The number of halogens is 2. The van der Waals surface area contributed by atoms with Gasteiger partial charge in [0.25, 0.3) is 5.91 Å². The van der Waals surface area contributed by atoms with Crippen molar-refractivity contribution in [3.63, 3.8) is 0 Å². The minimum atomic E-state index is -2.61. The Bertz CT molecular complexity index is 737. The first-order chi connectivity index (χ1) is 11.9. The summed E-state index contributed by atoms with van der Waals surface area (Å²) in [4.78, 5) is 14.7. The van der Waals surface area contributed by atoms with Gasteiger partial charge >= 0.3 is 0 Å². The van der Waals surface area contributed by atoms with Crippen LogP contribution < -0.4 is 4.90 Å². The van der Waals surface area contributed by atoms with E-state index in [2.05, 4.69) is 20.4 Å². The summed E-state index contributed by atoms with van der Waals surface area (Å²) in [6.45, 7) is 4.10. The van der Waals surface area contributed by atoms with Gasteiger partial charge in [-0.25, -0.2) is 8.78 Å². The van der Waals surface area contributed by atoms with Crippen molar-refractivity contribution < 1.29 is 13.6 Å². The number of nitrogens with one attached hydrogen (secondary N) is 1. The maximum absolute atomic E-state index is 13.4. The van der Waals surface area contributed by atoms with Crippen LogP contribution in [0.4, 0.5) is 14.5 Å². The zero-order chi connectivity index (χ0) is 18.0. The van der Waals surface area contributed by atoms with E-state index in [1.165, 1.54) is 12.4 Å². The van der Waals surface area contributed by atoms with Gasteiger partial charge in [-0.2, -0.15) is 15.3 Å². The number of amides is 1. The number of aromatic amines is 1. The van der Waals surface area contributed by atoms with Crippen molar-refractivity contribution in [1.29, 1.82) is 0 Å². The SMILES string of the molecule is CCN(C(=O)c1c(C2CCC(F)(F)CC2)n[nH]c1C)c1ccnnc1. The average Bonchev–Trinajstić information content (AvgIpc) is 2.98. The van der Waals surface area contributed by atoms with Crippen LogP contribution in [0.3, 0.4) is 0 Å². The van der Waals surface area contributed by atoms with Gasteiger partial charge in [-0.15, -0.1) is 0 Å². The Hall–Kier alpha value is -2.38. The predicted octanol–water partition coefficient (Wildman–Crippen LogP) is 3.47. The Morgan fingerprint density at radius 1 is 1.36 bits per heavy atom. The molecule has 0 aromatic carbocycles. The van der Waals surface area contributed by atoms with E-state index in [9.17, 15) is 13.6 Å². The van der Waals surface area contributed by atoms with Crippen LogP contribution in [0.25, 0.3) is 0 Å². The lowest BCUT2D eigenvalue weighted by Crippen LogP contribution is -2.32. The summed E-state index contributed by atoms with van der Waals surface area (Å²) in [6, 6.07) is 1.71. The maximum atomic E-state index is 13.4. The van der Waals surface area contributed by atoms with Crippen molar-refractivity contribution in [2.75, 3.05) is 11.4 Å².